The summed E-state index contributed by atoms with van der Waals surface area (Å²) in [5.74, 6) is 0. The Morgan fingerprint density at radius 3 is 2.11 bits per heavy atom. The zero-order valence-electron chi connectivity index (χ0n) is 12.3. The van der Waals surface area contributed by atoms with Crippen LogP contribution in [0.3, 0.4) is 0 Å². The molecule has 0 aliphatic heterocycles. The van der Waals surface area contributed by atoms with Gasteiger partial charge in [-0.25, -0.2) is 0 Å². The quantitative estimate of drug-likeness (QED) is 0.665. The maximum absolute atomic E-state index is 6.55. The van der Waals surface area contributed by atoms with Gasteiger partial charge in [0.2, 0.25) is 0 Å². The zero-order chi connectivity index (χ0) is 13.4. The second kappa shape index (κ2) is 7.58. The smallest absolute Gasteiger partial charge is 0.0136 e. The van der Waals surface area contributed by atoms with Gasteiger partial charge in [-0.3, -0.25) is 0 Å². The lowest BCUT2D eigenvalue weighted by Gasteiger charge is -2.38. The molecule has 1 unspecified atom stereocenters. The fourth-order valence-electron chi connectivity index (χ4n) is 3.06. The van der Waals surface area contributed by atoms with E-state index in [0.29, 0.717) is 0 Å². The van der Waals surface area contributed by atoms with Crippen LogP contribution in [0.15, 0.2) is 30.3 Å². The van der Waals surface area contributed by atoms with Crippen LogP contribution in [0.2, 0.25) is 0 Å². The van der Waals surface area contributed by atoms with Crippen molar-refractivity contribution in [2.75, 3.05) is 0 Å². The fourth-order valence-corrected chi connectivity index (χ4v) is 3.06. The van der Waals surface area contributed by atoms with E-state index >= 15 is 0 Å². The second-order valence-electron chi connectivity index (χ2n) is 5.33. The minimum Gasteiger partial charge on any atom is -0.327 e. The number of hydrogen-bond acceptors (Lipinski definition) is 1. The third-order valence-corrected chi connectivity index (χ3v) is 4.44. The van der Waals surface area contributed by atoms with Gasteiger partial charge in [-0.05, 0) is 24.8 Å². The van der Waals surface area contributed by atoms with E-state index < -0.39 is 0 Å². The molecule has 1 heteroatoms. The van der Waals surface area contributed by atoms with Crippen molar-refractivity contribution in [3.8, 4) is 0 Å². The second-order valence-corrected chi connectivity index (χ2v) is 5.33. The van der Waals surface area contributed by atoms with Crippen molar-refractivity contribution < 1.29 is 0 Å². The van der Waals surface area contributed by atoms with E-state index in [1.54, 1.807) is 0 Å². The van der Waals surface area contributed by atoms with E-state index in [0.717, 1.165) is 19.3 Å². The third-order valence-electron chi connectivity index (χ3n) is 4.44. The largest absolute Gasteiger partial charge is 0.327 e. The van der Waals surface area contributed by atoms with Gasteiger partial charge in [-0.1, -0.05) is 70.4 Å². The fraction of sp³-hybridized carbons (Fsp3) is 0.647. The Morgan fingerprint density at radius 2 is 1.61 bits per heavy atom. The van der Waals surface area contributed by atoms with Gasteiger partial charge in [-0.2, -0.15) is 0 Å². The normalized spacial score (nSPS) is 13.6. The standard InChI is InChI=1S/C17H29N/c1-4-7-9-14-16(18)17(5-2,6-3)15-12-10-8-11-13-15/h8,10-13,16H,4-7,9,14,18H2,1-3H3. The Morgan fingerprint density at radius 1 is 1.00 bits per heavy atom. The summed E-state index contributed by atoms with van der Waals surface area (Å²) in [7, 11) is 0. The SMILES string of the molecule is CCCCCC(N)C(CC)(CC)c1ccccc1. The lowest BCUT2D eigenvalue weighted by Crippen LogP contribution is -2.44. The van der Waals surface area contributed by atoms with Crippen LogP contribution >= 0.6 is 0 Å². The van der Waals surface area contributed by atoms with Gasteiger partial charge in [0.25, 0.3) is 0 Å². The molecular weight excluding hydrogens is 218 g/mol. The first kappa shape index (κ1) is 15.2. The molecule has 102 valence electrons. The first-order valence-electron chi connectivity index (χ1n) is 7.52. The zero-order valence-corrected chi connectivity index (χ0v) is 12.3. The summed E-state index contributed by atoms with van der Waals surface area (Å²) < 4.78 is 0. The monoisotopic (exact) mass is 247 g/mol. The molecule has 0 saturated carbocycles. The topological polar surface area (TPSA) is 26.0 Å². The molecule has 0 radical (unpaired) electrons. The Kier molecular flexibility index (Phi) is 6.42. The van der Waals surface area contributed by atoms with Crippen molar-refractivity contribution in [3.63, 3.8) is 0 Å². The Balaban J connectivity index is 2.86. The molecule has 0 heterocycles. The van der Waals surface area contributed by atoms with E-state index in [-0.39, 0.29) is 11.5 Å². The van der Waals surface area contributed by atoms with Crippen molar-refractivity contribution in [3.05, 3.63) is 35.9 Å². The van der Waals surface area contributed by atoms with E-state index in [9.17, 15) is 0 Å². The number of benzene rings is 1. The van der Waals surface area contributed by atoms with E-state index in [4.69, 9.17) is 5.73 Å². The molecule has 1 aromatic rings. The predicted molar refractivity (Wildman–Crippen MR) is 80.8 cm³/mol. The van der Waals surface area contributed by atoms with Crippen molar-refractivity contribution in [2.24, 2.45) is 5.73 Å². The summed E-state index contributed by atoms with van der Waals surface area (Å²) in [4.78, 5) is 0. The lowest BCUT2D eigenvalue weighted by molar-refractivity contribution is 0.298. The molecule has 0 aliphatic rings. The molecule has 1 nitrogen and oxygen atoms in total. The van der Waals surface area contributed by atoms with Crippen LogP contribution in [0.1, 0.15) is 64.9 Å². The molecule has 0 fully saturated rings. The van der Waals surface area contributed by atoms with Gasteiger partial charge in [0.1, 0.15) is 0 Å². The highest BCUT2D eigenvalue weighted by Crippen LogP contribution is 2.36. The predicted octanol–water partition coefficient (Wildman–Crippen LogP) is 4.65. The Labute approximate surface area is 113 Å². The number of unbranched alkanes of at least 4 members (excludes halogenated alkanes) is 2. The molecule has 0 aliphatic carbocycles. The molecule has 0 saturated heterocycles. The number of hydrogen-bond donors (Lipinski definition) is 1. The molecule has 18 heavy (non-hydrogen) atoms. The van der Waals surface area contributed by atoms with Crippen LogP contribution < -0.4 is 5.73 Å². The first-order chi connectivity index (χ1) is 8.71. The third kappa shape index (κ3) is 3.35. The molecule has 0 bridgehead atoms. The highest BCUT2D eigenvalue weighted by molar-refractivity contribution is 5.27. The molecule has 2 N–H and O–H groups in total. The average molecular weight is 247 g/mol. The summed E-state index contributed by atoms with van der Waals surface area (Å²) in [6, 6.07) is 11.1. The van der Waals surface area contributed by atoms with Crippen LogP contribution in [-0.4, -0.2) is 6.04 Å². The minimum atomic E-state index is 0.162. The highest BCUT2D eigenvalue weighted by atomic mass is 14.7. The summed E-state index contributed by atoms with van der Waals surface area (Å²) >= 11 is 0. The number of rotatable bonds is 8. The Hall–Kier alpha value is -0.820. The molecule has 1 atom stereocenters. The number of nitrogens with two attached hydrogens (primary N) is 1. The summed E-state index contributed by atoms with van der Waals surface area (Å²) in [5, 5.41) is 0. The van der Waals surface area contributed by atoms with Gasteiger partial charge < -0.3 is 5.73 Å². The average Bonchev–Trinajstić information content (AvgIpc) is 2.42. The minimum absolute atomic E-state index is 0.162. The molecule has 0 spiro atoms. The van der Waals surface area contributed by atoms with Crippen LogP contribution in [0.25, 0.3) is 0 Å². The van der Waals surface area contributed by atoms with Gasteiger partial charge in [0.15, 0.2) is 0 Å². The summed E-state index contributed by atoms with van der Waals surface area (Å²) in [6.45, 7) is 6.79. The van der Waals surface area contributed by atoms with Crippen LogP contribution in [0.4, 0.5) is 0 Å². The maximum atomic E-state index is 6.55. The molecule has 0 amide bonds. The van der Waals surface area contributed by atoms with E-state index in [2.05, 4.69) is 51.1 Å². The van der Waals surface area contributed by atoms with Crippen molar-refractivity contribution in [1.82, 2.24) is 0 Å². The highest BCUT2D eigenvalue weighted by Gasteiger charge is 2.34. The van der Waals surface area contributed by atoms with Gasteiger partial charge in [-0.15, -0.1) is 0 Å². The van der Waals surface area contributed by atoms with Gasteiger partial charge in [0, 0.05) is 11.5 Å². The van der Waals surface area contributed by atoms with Crippen LogP contribution in [-0.2, 0) is 5.41 Å². The van der Waals surface area contributed by atoms with Gasteiger partial charge in [0.05, 0.1) is 0 Å². The molecular formula is C17H29N. The van der Waals surface area contributed by atoms with Crippen LogP contribution in [0.5, 0.6) is 0 Å². The van der Waals surface area contributed by atoms with Crippen molar-refractivity contribution in [1.29, 1.82) is 0 Å². The maximum Gasteiger partial charge on any atom is 0.0136 e. The van der Waals surface area contributed by atoms with Crippen molar-refractivity contribution >= 4 is 0 Å². The van der Waals surface area contributed by atoms with E-state index in [1.165, 1.54) is 24.8 Å². The first-order valence-corrected chi connectivity index (χ1v) is 7.52. The molecule has 1 rings (SSSR count). The summed E-state index contributed by atoms with van der Waals surface area (Å²) in [6.07, 6.45) is 7.22. The van der Waals surface area contributed by atoms with Crippen LogP contribution in [0, 0.1) is 0 Å². The lowest BCUT2D eigenvalue weighted by atomic mass is 9.69. The van der Waals surface area contributed by atoms with E-state index in [1.807, 2.05) is 0 Å². The van der Waals surface area contributed by atoms with Crippen molar-refractivity contribution in [2.45, 2.75) is 70.8 Å². The Bertz CT molecular complexity index is 314. The van der Waals surface area contributed by atoms with Gasteiger partial charge >= 0.3 is 0 Å². The molecule has 1 aromatic carbocycles. The summed E-state index contributed by atoms with van der Waals surface area (Å²) in [5.41, 5.74) is 8.12. The molecule has 0 aromatic heterocycles.